The van der Waals surface area contributed by atoms with Gasteiger partial charge in [-0.25, -0.2) is 4.79 Å². The average molecular weight is 337 g/mol. The third kappa shape index (κ3) is 5.11. The summed E-state index contributed by atoms with van der Waals surface area (Å²) < 4.78 is 12.4. The Labute approximate surface area is 140 Å². The minimum absolute atomic E-state index is 0.229. The Morgan fingerprint density at radius 1 is 1.29 bits per heavy atom. The predicted molar refractivity (Wildman–Crippen MR) is 89.4 cm³/mol. The molecule has 2 amide bonds. The lowest BCUT2D eigenvalue weighted by Crippen LogP contribution is -2.51. The van der Waals surface area contributed by atoms with Gasteiger partial charge >= 0.3 is 6.09 Å². The van der Waals surface area contributed by atoms with Crippen molar-refractivity contribution in [3.63, 3.8) is 0 Å². The summed E-state index contributed by atoms with van der Waals surface area (Å²) in [5, 5.41) is 11.3. The lowest BCUT2D eigenvalue weighted by Gasteiger charge is -2.34. The molecule has 2 rings (SSSR count). The molecule has 0 saturated carbocycles. The lowest BCUT2D eigenvalue weighted by molar-refractivity contribution is -0.134. The Morgan fingerprint density at radius 2 is 1.92 bits per heavy atom. The molecule has 1 saturated heterocycles. The highest BCUT2D eigenvalue weighted by Gasteiger charge is 2.29. The number of likely N-dealkylation sites (tertiary alicyclic amines) is 1. The zero-order chi connectivity index (χ0) is 17.5. The molecular weight excluding hydrogens is 313 g/mol. The van der Waals surface area contributed by atoms with E-state index < -0.39 is 12.1 Å². The van der Waals surface area contributed by atoms with E-state index in [4.69, 9.17) is 10.8 Å². The fourth-order valence-corrected chi connectivity index (χ4v) is 3.06. The maximum absolute atomic E-state index is 12.7. The van der Waals surface area contributed by atoms with Gasteiger partial charge in [0.25, 0.3) is 0 Å². The molecule has 1 heterocycles. The number of hydrogen-bond donors (Lipinski definition) is 3. The van der Waals surface area contributed by atoms with Gasteiger partial charge in [-0.1, -0.05) is 12.1 Å². The summed E-state index contributed by atoms with van der Waals surface area (Å²) in [5.74, 6) is 0.0787. The molecule has 1 aliphatic rings. The number of nitrogen functional groups attached to an aromatic ring is 1. The average Bonchev–Trinajstić information content (AvgIpc) is 2.56. The number of halogens is 1. The Balaban J connectivity index is 2.00. The summed E-state index contributed by atoms with van der Waals surface area (Å²) in [6, 6.07) is 6.18. The molecule has 0 aromatic heterocycles. The van der Waals surface area contributed by atoms with Crippen LogP contribution in [0.5, 0.6) is 0 Å². The van der Waals surface area contributed by atoms with E-state index >= 15 is 0 Å². The molecule has 1 aromatic rings. The van der Waals surface area contributed by atoms with Crippen LogP contribution in [0.25, 0.3) is 0 Å². The fourth-order valence-electron chi connectivity index (χ4n) is 3.06. The van der Waals surface area contributed by atoms with Crippen LogP contribution in [0.2, 0.25) is 0 Å². The summed E-state index contributed by atoms with van der Waals surface area (Å²) in [5.41, 5.74) is 7.09. The predicted octanol–water partition coefficient (Wildman–Crippen LogP) is 2.05. The Morgan fingerprint density at radius 3 is 2.46 bits per heavy atom. The molecule has 1 aliphatic heterocycles. The van der Waals surface area contributed by atoms with Gasteiger partial charge in [-0.05, 0) is 42.9 Å². The van der Waals surface area contributed by atoms with Gasteiger partial charge in [0, 0.05) is 25.2 Å². The van der Waals surface area contributed by atoms with E-state index in [-0.39, 0.29) is 19.0 Å². The number of benzene rings is 1. The first-order valence-corrected chi connectivity index (χ1v) is 8.18. The maximum atomic E-state index is 12.7. The smallest absolute Gasteiger partial charge is 0.405 e. The Kier molecular flexibility index (Phi) is 6.40. The van der Waals surface area contributed by atoms with Crippen molar-refractivity contribution in [1.29, 1.82) is 0 Å². The summed E-state index contributed by atoms with van der Waals surface area (Å²) in [6.07, 6.45) is 1.10. The van der Waals surface area contributed by atoms with E-state index in [0.29, 0.717) is 31.1 Å². The summed E-state index contributed by atoms with van der Waals surface area (Å²) in [7, 11) is 0. The van der Waals surface area contributed by atoms with Gasteiger partial charge in [-0.2, -0.15) is 0 Å². The third-order valence-corrected chi connectivity index (χ3v) is 4.46. The lowest BCUT2D eigenvalue weighted by atomic mass is 9.93. The molecule has 0 bridgehead atoms. The van der Waals surface area contributed by atoms with Gasteiger partial charge in [-0.15, -0.1) is 0 Å². The second kappa shape index (κ2) is 8.52. The van der Waals surface area contributed by atoms with E-state index in [1.807, 2.05) is 0 Å². The number of hydrogen-bond acceptors (Lipinski definition) is 3. The summed E-state index contributed by atoms with van der Waals surface area (Å²) >= 11 is 0. The number of nitrogens with one attached hydrogen (secondary N) is 1. The molecule has 1 fully saturated rings. The number of amides is 2. The number of nitrogens with two attached hydrogens (primary N) is 1. The highest BCUT2D eigenvalue weighted by Crippen LogP contribution is 2.21. The number of piperidine rings is 1. The molecular formula is C17H24FN3O3. The van der Waals surface area contributed by atoms with Crippen molar-refractivity contribution in [2.45, 2.75) is 31.7 Å². The van der Waals surface area contributed by atoms with Crippen molar-refractivity contribution in [1.82, 2.24) is 10.2 Å². The van der Waals surface area contributed by atoms with Crippen LogP contribution >= 0.6 is 0 Å². The Bertz CT molecular complexity index is 557. The molecule has 7 heteroatoms. The molecule has 1 atom stereocenters. The minimum atomic E-state index is -1.23. The van der Waals surface area contributed by atoms with E-state index in [0.717, 1.165) is 18.4 Å². The van der Waals surface area contributed by atoms with Gasteiger partial charge in [0.05, 0.1) is 6.67 Å². The molecule has 0 radical (unpaired) electrons. The molecule has 24 heavy (non-hydrogen) atoms. The zero-order valence-electron chi connectivity index (χ0n) is 13.6. The third-order valence-electron chi connectivity index (χ3n) is 4.46. The van der Waals surface area contributed by atoms with Gasteiger partial charge in [-0.3, -0.25) is 9.18 Å². The number of nitrogens with zero attached hydrogens (tertiary/aromatic N) is 1. The number of carbonyl (C=O) groups is 2. The highest BCUT2D eigenvalue weighted by molar-refractivity contribution is 5.85. The monoisotopic (exact) mass is 337 g/mol. The van der Waals surface area contributed by atoms with Gasteiger partial charge in [0.15, 0.2) is 0 Å². The summed E-state index contributed by atoms with van der Waals surface area (Å²) in [4.78, 5) is 25.4. The van der Waals surface area contributed by atoms with Crippen LogP contribution in [-0.2, 0) is 11.2 Å². The standard InChI is InChI=1S/C17H24FN3O3/c18-8-5-12-6-9-21(10-7-12)16(22)15(20-17(23)24)11-13-1-3-14(19)4-2-13/h1-4,12,15,20H,5-11,19H2,(H,23,24)/t15-/m0/s1. The van der Waals surface area contributed by atoms with E-state index in [2.05, 4.69) is 5.32 Å². The van der Waals surface area contributed by atoms with Gasteiger partial charge in [0.2, 0.25) is 5.91 Å². The molecule has 1 aromatic carbocycles. The quantitative estimate of drug-likeness (QED) is 0.692. The van der Waals surface area contributed by atoms with E-state index in [9.17, 15) is 14.0 Å². The van der Waals surface area contributed by atoms with Crippen molar-refractivity contribution in [3.8, 4) is 0 Å². The van der Waals surface area contributed by atoms with Crippen LogP contribution < -0.4 is 11.1 Å². The van der Waals surface area contributed by atoms with Crippen LogP contribution in [0.4, 0.5) is 14.9 Å². The number of alkyl halides is 1. The second-order valence-corrected chi connectivity index (χ2v) is 6.19. The number of anilines is 1. The van der Waals surface area contributed by atoms with Crippen molar-refractivity contribution in [3.05, 3.63) is 29.8 Å². The van der Waals surface area contributed by atoms with E-state index in [1.54, 1.807) is 29.2 Å². The van der Waals surface area contributed by atoms with Crippen LogP contribution in [0.15, 0.2) is 24.3 Å². The second-order valence-electron chi connectivity index (χ2n) is 6.19. The van der Waals surface area contributed by atoms with Crippen LogP contribution in [0, 0.1) is 5.92 Å². The molecule has 4 N–H and O–H groups in total. The number of carbonyl (C=O) groups excluding carboxylic acids is 1. The van der Waals surface area contributed by atoms with Crippen molar-refractivity contribution in [2.75, 3.05) is 25.5 Å². The van der Waals surface area contributed by atoms with Gasteiger partial charge < -0.3 is 21.1 Å². The Hall–Kier alpha value is -2.31. The summed E-state index contributed by atoms with van der Waals surface area (Å²) in [6.45, 7) is 0.755. The molecule has 0 aliphatic carbocycles. The number of carboxylic acid groups (broad SMARTS) is 1. The van der Waals surface area contributed by atoms with E-state index in [1.165, 1.54) is 0 Å². The first-order chi connectivity index (χ1) is 11.5. The SMILES string of the molecule is Nc1ccc(C[C@H](NC(=O)O)C(=O)N2CCC(CCF)CC2)cc1. The molecule has 132 valence electrons. The fraction of sp³-hybridized carbons (Fsp3) is 0.529. The minimum Gasteiger partial charge on any atom is -0.465 e. The van der Waals surface area contributed by atoms with Crippen molar-refractivity contribution in [2.24, 2.45) is 5.92 Å². The van der Waals surface area contributed by atoms with Gasteiger partial charge in [0.1, 0.15) is 6.04 Å². The zero-order valence-corrected chi connectivity index (χ0v) is 13.6. The highest BCUT2D eigenvalue weighted by atomic mass is 19.1. The molecule has 0 unspecified atom stereocenters. The van der Waals surface area contributed by atoms with Crippen molar-refractivity contribution >= 4 is 17.7 Å². The first kappa shape index (κ1) is 18.0. The molecule has 6 nitrogen and oxygen atoms in total. The topological polar surface area (TPSA) is 95.7 Å². The molecule has 0 spiro atoms. The van der Waals surface area contributed by atoms with Crippen molar-refractivity contribution < 1.29 is 19.1 Å². The normalized spacial score (nSPS) is 16.6. The first-order valence-electron chi connectivity index (χ1n) is 8.18. The van der Waals surface area contributed by atoms with Crippen LogP contribution in [-0.4, -0.2) is 47.8 Å². The maximum Gasteiger partial charge on any atom is 0.405 e. The van der Waals surface area contributed by atoms with Crippen LogP contribution in [0.3, 0.4) is 0 Å². The number of rotatable bonds is 6. The van der Waals surface area contributed by atoms with Crippen LogP contribution in [0.1, 0.15) is 24.8 Å². The largest absolute Gasteiger partial charge is 0.465 e.